The molecule has 2 rings (SSSR count). The average Bonchev–Trinajstić information content (AvgIpc) is 2.86. The summed E-state index contributed by atoms with van der Waals surface area (Å²) >= 11 is 0. The van der Waals surface area contributed by atoms with Crippen LogP contribution in [-0.4, -0.2) is 29.8 Å². The Hall–Kier alpha value is -2.20. The van der Waals surface area contributed by atoms with E-state index in [1.165, 1.54) is 0 Å². The number of carboxylic acid groups (broad SMARTS) is 1. The van der Waals surface area contributed by atoms with E-state index in [1.54, 1.807) is 6.07 Å². The Morgan fingerprint density at radius 1 is 1.45 bits per heavy atom. The number of hydrogen-bond donors (Lipinski definition) is 2. The van der Waals surface area contributed by atoms with Crippen molar-refractivity contribution in [3.63, 3.8) is 0 Å². The van der Waals surface area contributed by atoms with Crippen LogP contribution in [0.1, 0.15) is 18.4 Å². The summed E-state index contributed by atoms with van der Waals surface area (Å²) in [5.41, 5.74) is -0.444. The quantitative estimate of drug-likeness (QED) is 0.881. The molecule has 7 heteroatoms. The summed E-state index contributed by atoms with van der Waals surface area (Å²) in [4.78, 5) is 10.7. The normalized spacial score (nSPS) is 21.4. The molecule has 0 radical (unpaired) electrons. The third-order valence-corrected chi connectivity index (χ3v) is 3.06. The van der Waals surface area contributed by atoms with Gasteiger partial charge in [0.2, 0.25) is 0 Å². The molecule has 1 heterocycles. The molecule has 1 saturated heterocycles. The van der Waals surface area contributed by atoms with Crippen LogP contribution in [0.2, 0.25) is 0 Å². The van der Waals surface area contributed by atoms with Gasteiger partial charge in [-0.2, -0.15) is 5.26 Å². The largest absolute Gasteiger partial charge is 0.479 e. The molecule has 0 amide bonds. The Morgan fingerprint density at radius 3 is 2.60 bits per heavy atom. The van der Waals surface area contributed by atoms with Crippen LogP contribution in [0.3, 0.4) is 0 Å². The van der Waals surface area contributed by atoms with Gasteiger partial charge in [-0.1, -0.05) is 0 Å². The first-order chi connectivity index (χ1) is 9.51. The molecule has 0 spiro atoms. The van der Waals surface area contributed by atoms with Crippen molar-refractivity contribution in [2.24, 2.45) is 0 Å². The minimum atomic E-state index is -1.04. The number of nitrogens with one attached hydrogen (secondary N) is 1. The minimum Gasteiger partial charge on any atom is -0.479 e. The Balaban J connectivity index is 1.99. The molecule has 1 aromatic rings. The second-order valence-corrected chi connectivity index (χ2v) is 4.47. The van der Waals surface area contributed by atoms with Gasteiger partial charge in [-0.15, -0.1) is 0 Å². The average molecular weight is 282 g/mol. The number of nitrogens with zero attached hydrogens (tertiary/aromatic N) is 1. The highest BCUT2D eigenvalue weighted by Crippen LogP contribution is 2.23. The Kier molecular flexibility index (Phi) is 4.15. The third kappa shape index (κ3) is 3.03. The van der Waals surface area contributed by atoms with Gasteiger partial charge in [0.1, 0.15) is 5.69 Å². The molecule has 0 bridgehead atoms. The zero-order valence-corrected chi connectivity index (χ0v) is 10.4. The van der Waals surface area contributed by atoms with Crippen LogP contribution in [0, 0.1) is 23.0 Å². The number of aliphatic carboxylic acids is 1. The molecular formula is C13H12F2N2O3. The molecule has 2 unspecified atom stereocenters. The summed E-state index contributed by atoms with van der Waals surface area (Å²) in [6.45, 7) is 0.101. The molecule has 1 aliphatic rings. The van der Waals surface area contributed by atoms with Gasteiger partial charge in [-0.05, 0) is 25.0 Å². The lowest BCUT2D eigenvalue weighted by Crippen LogP contribution is -2.25. The lowest BCUT2D eigenvalue weighted by Gasteiger charge is -2.14. The summed E-state index contributed by atoms with van der Waals surface area (Å²) in [5.74, 6) is -2.77. The fraction of sp³-hybridized carbons (Fsp3) is 0.385. The number of halogens is 2. The van der Waals surface area contributed by atoms with Gasteiger partial charge >= 0.3 is 5.97 Å². The van der Waals surface area contributed by atoms with Crippen LogP contribution in [0.25, 0.3) is 0 Å². The summed E-state index contributed by atoms with van der Waals surface area (Å²) in [5, 5.41) is 19.9. The molecule has 0 saturated carbocycles. The first kappa shape index (κ1) is 14.2. The van der Waals surface area contributed by atoms with Gasteiger partial charge < -0.3 is 15.2 Å². The summed E-state index contributed by atoms with van der Waals surface area (Å²) in [7, 11) is 0. The van der Waals surface area contributed by atoms with Crippen LogP contribution in [0.5, 0.6) is 0 Å². The number of anilines is 1. The van der Waals surface area contributed by atoms with E-state index in [9.17, 15) is 13.6 Å². The van der Waals surface area contributed by atoms with Crippen molar-refractivity contribution in [2.45, 2.75) is 25.0 Å². The van der Waals surface area contributed by atoms with Crippen LogP contribution in [0.15, 0.2) is 12.1 Å². The van der Waals surface area contributed by atoms with Crippen LogP contribution in [0.4, 0.5) is 14.5 Å². The number of carbonyl (C=O) groups is 1. The topological polar surface area (TPSA) is 82.4 Å². The Labute approximate surface area is 113 Å². The number of hydrogen-bond acceptors (Lipinski definition) is 4. The first-order valence-corrected chi connectivity index (χ1v) is 6.02. The maximum atomic E-state index is 13.6. The lowest BCUT2D eigenvalue weighted by atomic mass is 10.1. The van der Waals surface area contributed by atoms with Crippen molar-refractivity contribution in [3.8, 4) is 6.07 Å². The SMILES string of the molecule is N#Cc1cc(F)c(NCC2CCC(C(=O)O)O2)c(F)c1. The summed E-state index contributed by atoms with van der Waals surface area (Å²) < 4.78 is 32.4. The van der Waals surface area contributed by atoms with Gasteiger partial charge in [-0.25, -0.2) is 13.6 Å². The monoisotopic (exact) mass is 282 g/mol. The highest BCUT2D eigenvalue weighted by Gasteiger charge is 2.30. The van der Waals surface area contributed by atoms with Gasteiger partial charge in [0.05, 0.1) is 17.7 Å². The molecule has 1 aliphatic heterocycles. The van der Waals surface area contributed by atoms with E-state index in [0.717, 1.165) is 12.1 Å². The Morgan fingerprint density at radius 2 is 2.10 bits per heavy atom. The second kappa shape index (κ2) is 5.84. The predicted molar refractivity (Wildman–Crippen MR) is 65.1 cm³/mol. The van der Waals surface area contributed by atoms with Gasteiger partial charge in [-0.3, -0.25) is 0 Å². The summed E-state index contributed by atoms with van der Waals surface area (Å²) in [6.07, 6.45) is -0.397. The van der Waals surface area contributed by atoms with Crippen molar-refractivity contribution < 1.29 is 23.4 Å². The Bertz CT molecular complexity index is 548. The maximum Gasteiger partial charge on any atom is 0.332 e. The van der Waals surface area contributed by atoms with Gasteiger partial charge in [0.25, 0.3) is 0 Å². The molecule has 20 heavy (non-hydrogen) atoms. The maximum absolute atomic E-state index is 13.6. The second-order valence-electron chi connectivity index (χ2n) is 4.47. The predicted octanol–water partition coefficient (Wildman–Crippen LogP) is 1.88. The summed E-state index contributed by atoms with van der Waals surface area (Å²) in [6, 6.07) is 3.52. The number of carboxylic acids is 1. The zero-order chi connectivity index (χ0) is 14.7. The standard InChI is InChI=1S/C13H12F2N2O3/c14-9-3-7(5-16)4-10(15)12(9)17-6-8-1-2-11(20-8)13(18)19/h3-4,8,11,17H,1-2,6H2,(H,18,19). The van der Waals surface area contributed by atoms with E-state index >= 15 is 0 Å². The number of nitriles is 1. The van der Waals surface area contributed by atoms with Crippen molar-refractivity contribution in [2.75, 3.05) is 11.9 Å². The van der Waals surface area contributed by atoms with Crippen molar-refractivity contribution >= 4 is 11.7 Å². The van der Waals surface area contributed by atoms with E-state index in [-0.39, 0.29) is 17.8 Å². The molecule has 106 valence electrons. The van der Waals surface area contributed by atoms with Gasteiger partial charge in [0, 0.05) is 6.54 Å². The lowest BCUT2D eigenvalue weighted by molar-refractivity contribution is -0.149. The third-order valence-electron chi connectivity index (χ3n) is 3.06. The van der Waals surface area contributed by atoms with E-state index in [0.29, 0.717) is 12.8 Å². The fourth-order valence-corrected chi connectivity index (χ4v) is 2.06. The zero-order valence-electron chi connectivity index (χ0n) is 10.4. The van der Waals surface area contributed by atoms with E-state index in [1.807, 2.05) is 0 Å². The fourth-order valence-electron chi connectivity index (χ4n) is 2.06. The highest BCUT2D eigenvalue weighted by molar-refractivity contribution is 5.72. The molecule has 2 N–H and O–H groups in total. The van der Waals surface area contributed by atoms with E-state index in [4.69, 9.17) is 15.1 Å². The van der Waals surface area contributed by atoms with Crippen molar-refractivity contribution in [3.05, 3.63) is 29.3 Å². The van der Waals surface area contributed by atoms with Gasteiger partial charge in [0.15, 0.2) is 17.7 Å². The number of rotatable bonds is 4. The molecule has 1 aromatic carbocycles. The van der Waals surface area contributed by atoms with Crippen LogP contribution >= 0.6 is 0 Å². The number of ether oxygens (including phenoxy) is 1. The molecule has 0 aromatic heterocycles. The van der Waals surface area contributed by atoms with Crippen molar-refractivity contribution in [1.82, 2.24) is 0 Å². The van der Waals surface area contributed by atoms with Crippen LogP contribution in [-0.2, 0) is 9.53 Å². The van der Waals surface area contributed by atoms with E-state index in [2.05, 4.69) is 5.32 Å². The number of benzene rings is 1. The minimum absolute atomic E-state index is 0.101. The molecule has 5 nitrogen and oxygen atoms in total. The first-order valence-electron chi connectivity index (χ1n) is 6.02. The molecule has 1 fully saturated rings. The smallest absolute Gasteiger partial charge is 0.332 e. The molecular weight excluding hydrogens is 270 g/mol. The van der Waals surface area contributed by atoms with E-state index < -0.39 is 29.8 Å². The molecule has 2 atom stereocenters. The highest BCUT2D eigenvalue weighted by atomic mass is 19.1. The van der Waals surface area contributed by atoms with Crippen molar-refractivity contribution in [1.29, 1.82) is 5.26 Å². The molecule has 0 aliphatic carbocycles. The van der Waals surface area contributed by atoms with Crippen LogP contribution < -0.4 is 5.32 Å².